The van der Waals surface area contributed by atoms with Crippen LogP contribution in [-0.4, -0.2) is 58.1 Å². The number of para-hydroxylation sites is 1. The lowest BCUT2D eigenvalue weighted by Crippen LogP contribution is -2.51. The fraction of sp³-hybridized carbons (Fsp3) is 0.375. The minimum Gasteiger partial charge on any atom is -0.339 e. The van der Waals surface area contributed by atoms with Gasteiger partial charge in [-0.2, -0.15) is 4.98 Å². The summed E-state index contributed by atoms with van der Waals surface area (Å²) in [7, 11) is 0. The normalized spacial score (nSPS) is 14.6. The summed E-state index contributed by atoms with van der Waals surface area (Å²) < 4.78 is 5.01. The number of nitrogens with one attached hydrogen (secondary N) is 1. The first kappa shape index (κ1) is 16.0. The lowest BCUT2D eigenvalue weighted by molar-refractivity contribution is -0.130. The molecule has 3 amide bonds. The zero-order chi connectivity index (χ0) is 17.1. The zero-order valence-corrected chi connectivity index (χ0v) is 13.7. The molecule has 1 fully saturated rings. The predicted molar refractivity (Wildman–Crippen MR) is 87.3 cm³/mol. The molecule has 8 heteroatoms. The summed E-state index contributed by atoms with van der Waals surface area (Å²) in [5, 5.41) is 6.79. The van der Waals surface area contributed by atoms with Crippen LogP contribution in [0.3, 0.4) is 0 Å². The molecule has 0 saturated carbocycles. The third-order valence-corrected chi connectivity index (χ3v) is 3.95. The van der Waals surface area contributed by atoms with Gasteiger partial charge >= 0.3 is 6.03 Å². The van der Waals surface area contributed by atoms with Gasteiger partial charge in [0.2, 0.25) is 17.6 Å². The molecule has 0 radical (unpaired) electrons. The lowest BCUT2D eigenvalue weighted by Gasteiger charge is -2.34. The highest BCUT2D eigenvalue weighted by Gasteiger charge is 2.23. The maximum absolute atomic E-state index is 12.5. The van der Waals surface area contributed by atoms with Crippen molar-refractivity contribution in [3.8, 4) is 11.4 Å². The molecule has 24 heavy (non-hydrogen) atoms. The number of hydrogen-bond donors (Lipinski definition) is 1. The van der Waals surface area contributed by atoms with Crippen molar-refractivity contribution >= 4 is 17.6 Å². The molecule has 0 unspecified atom stereocenters. The fourth-order valence-electron chi connectivity index (χ4n) is 2.61. The van der Waals surface area contributed by atoms with E-state index in [1.54, 1.807) is 29.7 Å². The van der Waals surface area contributed by atoms with Crippen molar-refractivity contribution in [3.05, 3.63) is 30.2 Å². The van der Waals surface area contributed by atoms with Gasteiger partial charge in [-0.05, 0) is 12.1 Å². The van der Waals surface area contributed by atoms with E-state index in [0.29, 0.717) is 49.1 Å². The number of hydrogen-bond acceptors (Lipinski definition) is 5. The van der Waals surface area contributed by atoms with E-state index >= 15 is 0 Å². The van der Waals surface area contributed by atoms with Crippen LogP contribution in [-0.2, 0) is 4.79 Å². The van der Waals surface area contributed by atoms with Crippen LogP contribution >= 0.6 is 0 Å². The van der Waals surface area contributed by atoms with E-state index in [1.807, 2.05) is 18.2 Å². The van der Waals surface area contributed by atoms with Crippen LogP contribution in [0.4, 0.5) is 10.5 Å². The van der Waals surface area contributed by atoms with Crippen molar-refractivity contribution in [1.29, 1.82) is 0 Å². The van der Waals surface area contributed by atoms with Crippen molar-refractivity contribution in [3.63, 3.8) is 0 Å². The quantitative estimate of drug-likeness (QED) is 0.906. The van der Waals surface area contributed by atoms with Gasteiger partial charge in [0.1, 0.15) is 0 Å². The number of rotatable bonds is 2. The smallest absolute Gasteiger partial charge is 0.321 e. The molecule has 0 spiro atoms. The highest BCUT2D eigenvalue weighted by molar-refractivity contribution is 5.93. The molecule has 3 rings (SSSR count). The number of carbonyl (C=O) groups is 2. The second-order valence-electron chi connectivity index (χ2n) is 5.61. The van der Waals surface area contributed by atoms with Gasteiger partial charge in [-0.15, -0.1) is 0 Å². The van der Waals surface area contributed by atoms with Crippen LogP contribution in [0.15, 0.2) is 28.8 Å². The molecule has 0 bridgehead atoms. The Labute approximate surface area is 139 Å². The van der Waals surface area contributed by atoms with Crippen LogP contribution in [0, 0.1) is 6.92 Å². The average molecular weight is 329 g/mol. The van der Waals surface area contributed by atoms with E-state index in [-0.39, 0.29) is 11.9 Å². The van der Waals surface area contributed by atoms with Crippen LogP contribution in [0.25, 0.3) is 11.4 Å². The maximum Gasteiger partial charge on any atom is 0.321 e. The molecule has 2 aromatic rings. The molecule has 1 aliphatic rings. The number of amides is 3. The number of urea groups is 1. The van der Waals surface area contributed by atoms with Gasteiger partial charge in [0, 0.05) is 45.6 Å². The number of nitrogens with zero attached hydrogens (tertiary/aromatic N) is 4. The van der Waals surface area contributed by atoms with Gasteiger partial charge in [0.25, 0.3) is 0 Å². The molecule has 1 saturated heterocycles. The topological polar surface area (TPSA) is 91.6 Å². The molecule has 1 aliphatic heterocycles. The van der Waals surface area contributed by atoms with Crippen molar-refractivity contribution < 1.29 is 14.1 Å². The molecule has 0 aliphatic carbocycles. The van der Waals surface area contributed by atoms with Crippen LogP contribution in [0.5, 0.6) is 0 Å². The van der Waals surface area contributed by atoms with Crippen LogP contribution in [0.1, 0.15) is 12.8 Å². The van der Waals surface area contributed by atoms with Gasteiger partial charge < -0.3 is 19.6 Å². The van der Waals surface area contributed by atoms with Crippen molar-refractivity contribution in [2.24, 2.45) is 0 Å². The summed E-state index contributed by atoms with van der Waals surface area (Å²) in [5.74, 6) is 0.934. The van der Waals surface area contributed by atoms with Crippen molar-refractivity contribution in [1.82, 2.24) is 19.9 Å². The zero-order valence-electron chi connectivity index (χ0n) is 13.7. The summed E-state index contributed by atoms with van der Waals surface area (Å²) in [6, 6.07) is 7.10. The number of benzene rings is 1. The highest BCUT2D eigenvalue weighted by Crippen LogP contribution is 2.25. The Morgan fingerprint density at radius 3 is 2.42 bits per heavy atom. The molecular formula is C16H19N5O3. The van der Waals surface area contributed by atoms with Gasteiger partial charge in [0.05, 0.1) is 5.69 Å². The number of aryl methyl sites for hydroxylation is 1. The molecular weight excluding hydrogens is 310 g/mol. The van der Waals surface area contributed by atoms with Crippen molar-refractivity contribution in [2.75, 3.05) is 31.5 Å². The molecule has 1 aromatic carbocycles. The van der Waals surface area contributed by atoms with Crippen LogP contribution in [0.2, 0.25) is 0 Å². The summed E-state index contributed by atoms with van der Waals surface area (Å²) >= 11 is 0. The number of aromatic nitrogens is 2. The second-order valence-corrected chi connectivity index (χ2v) is 5.61. The monoisotopic (exact) mass is 329 g/mol. The summed E-state index contributed by atoms with van der Waals surface area (Å²) in [4.78, 5) is 31.5. The molecule has 1 N–H and O–H groups in total. The molecule has 126 valence electrons. The van der Waals surface area contributed by atoms with Gasteiger partial charge in [0.15, 0.2) is 0 Å². The molecule has 1 aromatic heterocycles. The Morgan fingerprint density at radius 1 is 1.12 bits per heavy atom. The van der Waals surface area contributed by atoms with Gasteiger partial charge in [-0.1, -0.05) is 17.3 Å². The summed E-state index contributed by atoms with van der Waals surface area (Å²) in [6.07, 6.45) is 0. The first-order valence-electron chi connectivity index (χ1n) is 7.76. The Hall–Kier alpha value is -2.90. The summed E-state index contributed by atoms with van der Waals surface area (Å²) in [6.45, 7) is 5.37. The Morgan fingerprint density at radius 2 is 1.79 bits per heavy atom. The standard InChI is InChI=1S/C16H19N5O3/c1-11-17-15(19-24-11)13-5-3-4-6-14(13)18-16(23)21-9-7-20(8-10-21)12(2)22/h3-6H,7-10H2,1-2H3,(H,18,23). The van der Waals surface area contributed by atoms with Gasteiger partial charge in [-0.3, -0.25) is 4.79 Å². The predicted octanol–water partition coefficient (Wildman–Crippen LogP) is 1.74. The largest absolute Gasteiger partial charge is 0.339 e. The third kappa shape index (κ3) is 3.37. The number of piperazine rings is 1. The van der Waals surface area contributed by atoms with E-state index < -0.39 is 0 Å². The maximum atomic E-state index is 12.5. The molecule has 2 heterocycles. The Kier molecular flexibility index (Phi) is 4.45. The number of anilines is 1. The van der Waals surface area contributed by atoms with Crippen LogP contribution < -0.4 is 5.32 Å². The number of carbonyl (C=O) groups excluding carboxylic acids is 2. The van der Waals surface area contributed by atoms with E-state index in [2.05, 4.69) is 15.5 Å². The first-order valence-corrected chi connectivity index (χ1v) is 7.76. The Balaban J connectivity index is 1.70. The van der Waals surface area contributed by atoms with E-state index in [4.69, 9.17) is 4.52 Å². The second kappa shape index (κ2) is 6.69. The molecule has 8 nitrogen and oxygen atoms in total. The lowest BCUT2D eigenvalue weighted by atomic mass is 10.1. The van der Waals surface area contributed by atoms with E-state index in [9.17, 15) is 9.59 Å². The van der Waals surface area contributed by atoms with Crippen molar-refractivity contribution in [2.45, 2.75) is 13.8 Å². The molecule has 0 atom stereocenters. The van der Waals surface area contributed by atoms with Gasteiger partial charge in [-0.25, -0.2) is 4.79 Å². The minimum absolute atomic E-state index is 0.0351. The van der Waals surface area contributed by atoms with E-state index in [1.165, 1.54) is 0 Å². The Bertz CT molecular complexity index is 750. The summed E-state index contributed by atoms with van der Waals surface area (Å²) in [5.41, 5.74) is 1.32. The highest BCUT2D eigenvalue weighted by atomic mass is 16.5. The van der Waals surface area contributed by atoms with E-state index in [0.717, 1.165) is 0 Å². The average Bonchev–Trinajstić information content (AvgIpc) is 3.01. The minimum atomic E-state index is -0.203. The first-order chi connectivity index (χ1) is 11.5. The third-order valence-electron chi connectivity index (χ3n) is 3.95. The SMILES string of the molecule is CC(=O)N1CCN(C(=O)Nc2ccccc2-c2noc(C)n2)CC1. The fourth-order valence-corrected chi connectivity index (χ4v) is 2.61.